The molecule has 1 N–H and O–H groups in total. The first-order valence-electron chi connectivity index (χ1n) is 6.62. The molecule has 98 valence electrons. The van der Waals surface area contributed by atoms with Gasteiger partial charge in [0.25, 0.3) is 0 Å². The standard InChI is InChI=1S/C15H21NO2/c1-11(17)16-10-9-12-5-3-7-14-13(12)6-4-8-15(14)18-2/h4,6,8,12H,3,5,7,9-10H2,1-2H3,(H,16,17). The van der Waals surface area contributed by atoms with Crippen LogP contribution in [0.4, 0.5) is 0 Å². The number of hydrogen-bond donors (Lipinski definition) is 1. The van der Waals surface area contributed by atoms with Gasteiger partial charge in [-0.3, -0.25) is 4.79 Å². The van der Waals surface area contributed by atoms with E-state index in [0.29, 0.717) is 5.92 Å². The van der Waals surface area contributed by atoms with Crippen LogP contribution in [0.15, 0.2) is 18.2 Å². The lowest BCUT2D eigenvalue weighted by Gasteiger charge is -2.27. The third kappa shape index (κ3) is 2.84. The van der Waals surface area contributed by atoms with E-state index >= 15 is 0 Å². The molecule has 1 unspecified atom stereocenters. The van der Waals surface area contributed by atoms with Gasteiger partial charge in [-0.05, 0) is 48.8 Å². The normalized spacial score (nSPS) is 18.0. The highest BCUT2D eigenvalue weighted by molar-refractivity contribution is 5.72. The Labute approximate surface area is 109 Å². The summed E-state index contributed by atoms with van der Waals surface area (Å²) in [4.78, 5) is 10.9. The fourth-order valence-electron chi connectivity index (χ4n) is 2.83. The van der Waals surface area contributed by atoms with Gasteiger partial charge in [0.1, 0.15) is 5.75 Å². The van der Waals surface area contributed by atoms with Crippen LogP contribution in [0.2, 0.25) is 0 Å². The van der Waals surface area contributed by atoms with E-state index in [0.717, 1.165) is 25.1 Å². The van der Waals surface area contributed by atoms with Crippen LogP contribution < -0.4 is 10.1 Å². The Morgan fingerprint density at radius 2 is 2.33 bits per heavy atom. The maximum absolute atomic E-state index is 10.9. The summed E-state index contributed by atoms with van der Waals surface area (Å²) < 4.78 is 5.43. The van der Waals surface area contributed by atoms with Gasteiger partial charge in [0.15, 0.2) is 0 Å². The molecule has 0 fully saturated rings. The number of methoxy groups -OCH3 is 1. The molecule has 1 aliphatic rings. The van der Waals surface area contributed by atoms with Crippen LogP contribution in [0.25, 0.3) is 0 Å². The summed E-state index contributed by atoms with van der Waals surface area (Å²) in [6.45, 7) is 2.33. The highest BCUT2D eigenvalue weighted by Gasteiger charge is 2.22. The molecule has 0 spiro atoms. The summed E-state index contributed by atoms with van der Waals surface area (Å²) in [7, 11) is 1.73. The molecule has 0 saturated heterocycles. The molecule has 0 aliphatic heterocycles. The minimum Gasteiger partial charge on any atom is -0.496 e. The Bertz CT molecular complexity index is 429. The summed E-state index contributed by atoms with van der Waals surface area (Å²) in [5, 5.41) is 2.88. The first-order valence-corrected chi connectivity index (χ1v) is 6.62. The lowest BCUT2D eigenvalue weighted by atomic mass is 9.80. The second kappa shape index (κ2) is 5.89. The zero-order valence-corrected chi connectivity index (χ0v) is 11.2. The van der Waals surface area contributed by atoms with Gasteiger partial charge in [0.2, 0.25) is 5.91 Å². The molecule has 1 aliphatic carbocycles. The minimum atomic E-state index is 0.0525. The van der Waals surface area contributed by atoms with Gasteiger partial charge in [-0.15, -0.1) is 0 Å². The molecule has 1 aromatic carbocycles. The third-order valence-corrected chi connectivity index (χ3v) is 3.68. The number of carbonyl (C=O) groups is 1. The Kier molecular flexibility index (Phi) is 4.24. The number of ether oxygens (including phenoxy) is 1. The van der Waals surface area contributed by atoms with Crippen LogP contribution in [0.1, 0.15) is 43.2 Å². The van der Waals surface area contributed by atoms with E-state index in [9.17, 15) is 4.79 Å². The topological polar surface area (TPSA) is 38.3 Å². The smallest absolute Gasteiger partial charge is 0.216 e. The first kappa shape index (κ1) is 12.9. The molecular formula is C15H21NO2. The molecule has 18 heavy (non-hydrogen) atoms. The molecule has 0 saturated carbocycles. The van der Waals surface area contributed by atoms with Crippen molar-refractivity contribution in [3.8, 4) is 5.75 Å². The number of amides is 1. The van der Waals surface area contributed by atoms with E-state index in [1.54, 1.807) is 14.0 Å². The van der Waals surface area contributed by atoms with Crippen molar-refractivity contribution >= 4 is 5.91 Å². The van der Waals surface area contributed by atoms with Crippen molar-refractivity contribution in [3.05, 3.63) is 29.3 Å². The maximum Gasteiger partial charge on any atom is 0.216 e. The van der Waals surface area contributed by atoms with E-state index in [1.807, 2.05) is 6.07 Å². The summed E-state index contributed by atoms with van der Waals surface area (Å²) in [5.74, 6) is 1.61. The van der Waals surface area contributed by atoms with Crippen molar-refractivity contribution in [3.63, 3.8) is 0 Å². The van der Waals surface area contributed by atoms with E-state index < -0.39 is 0 Å². The third-order valence-electron chi connectivity index (χ3n) is 3.68. The molecule has 2 rings (SSSR count). The van der Waals surface area contributed by atoms with Crippen LogP contribution in [0.5, 0.6) is 5.75 Å². The average Bonchev–Trinajstić information content (AvgIpc) is 2.38. The summed E-state index contributed by atoms with van der Waals surface area (Å²) in [6.07, 6.45) is 4.54. The van der Waals surface area contributed by atoms with Gasteiger partial charge in [0.05, 0.1) is 7.11 Å². The average molecular weight is 247 g/mol. The molecular weight excluding hydrogens is 226 g/mol. The highest BCUT2D eigenvalue weighted by atomic mass is 16.5. The van der Waals surface area contributed by atoms with Crippen LogP contribution in [-0.2, 0) is 11.2 Å². The highest BCUT2D eigenvalue weighted by Crippen LogP contribution is 2.37. The lowest BCUT2D eigenvalue weighted by molar-refractivity contribution is -0.118. The van der Waals surface area contributed by atoms with Crippen LogP contribution in [0.3, 0.4) is 0 Å². The van der Waals surface area contributed by atoms with Gasteiger partial charge in [-0.1, -0.05) is 12.1 Å². The van der Waals surface area contributed by atoms with Crippen LogP contribution >= 0.6 is 0 Å². The quantitative estimate of drug-likeness (QED) is 0.888. The number of benzene rings is 1. The van der Waals surface area contributed by atoms with Gasteiger partial charge in [-0.2, -0.15) is 0 Å². The monoisotopic (exact) mass is 247 g/mol. The molecule has 1 amide bonds. The molecule has 0 radical (unpaired) electrons. The Morgan fingerprint density at radius 3 is 3.06 bits per heavy atom. The van der Waals surface area contributed by atoms with E-state index in [4.69, 9.17) is 4.74 Å². The molecule has 0 aromatic heterocycles. The maximum atomic E-state index is 10.9. The number of fused-ring (bicyclic) bond motifs is 1. The fraction of sp³-hybridized carbons (Fsp3) is 0.533. The molecule has 0 heterocycles. The summed E-state index contributed by atoms with van der Waals surface area (Å²) in [6, 6.07) is 6.30. The molecule has 1 atom stereocenters. The zero-order chi connectivity index (χ0) is 13.0. The van der Waals surface area contributed by atoms with Crippen molar-refractivity contribution in [1.29, 1.82) is 0 Å². The SMILES string of the molecule is COc1cccc2c1CCCC2CCNC(C)=O. The number of nitrogens with one attached hydrogen (secondary N) is 1. The Morgan fingerprint density at radius 1 is 1.50 bits per heavy atom. The van der Waals surface area contributed by atoms with E-state index in [1.165, 1.54) is 24.0 Å². The Balaban J connectivity index is 2.10. The van der Waals surface area contributed by atoms with Crippen molar-refractivity contribution in [2.24, 2.45) is 0 Å². The van der Waals surface area contributed by atoms with Crippen molar-refractivity contribution in [2.75, 3.05) is 13.7 Å². The first-order chi connectivity index (χ1) is 8.72. The van der Waals surface area contributed by atoms with Gasteiger partial charge in [-0.25, -0.2) is 0 Å². The summed E-state index contributed by atoms with van der Waals surface area (Å²) in [5.41, 5.74) is 2.77. The number of carbonyl (C=O) groups excluding carboxylic acids is 1. The predicted octanol–water partition coefficient (Wildman–Crippen LogP) is 2.64. The van der Waals surface area contributed by atoms with Gasteiger partial charge >= 0.3 is 0 Å². The van der Waals surface area contributed by atoms with Crippen LogP contribution in [0, 0.1) is 0 Å². The molecule has 1 aromatic rings. The second-order valence-corrected chi connectivity index (χ2v) is 4.89. The predicted molar refractivity (Wildman–Crippen MR) is 72.0 cm³/mol. The van der Waals surface area contributed by atoms with Gasteiger partial charge in [0, 0.05) is 13.5 Å². The lowest BCUT2D eigenvalue weighted by Crippen LogP contribution is -2.23. The van der Waals surface area contributed by atoms with Crippen molar-refractivity contribution in [2.45, 2.75) is 38.5 Å². The van der Waals surface area contributed by atoms with Crippen molar-refractivity contribution in [1.82, 2.24) is 5.32 Å². The zero-order valence-electron chi connectivity index (χ0n) is 11.2. The molecule has 0 bridgehead atoms. The Hall–Kier alpha value is -1.51. The minimum absolute atomic E-state index is 0.0525. The van der Waals surface area contributed by atoms with Crippen molar-refractivity contribution < 1.29 is 9.53 Å². The molecule has 3 nitrogen and oxygen atoms in total. The second-order valence-electron chi connectivity index (χ2n) is 4.89. The van der Waals surface area contributed by atoms with Crippen LogP contribution in [-0.4, -0.2) is 19.6 Å². The largest absolute Gasteiger partial charge is 0.496 e. The van der Waals surface area contributed by atoms with Gasteiger partial charge < -0.3 is 10.1 Å². The van der Waals surface area contributed by atoms with E-state index in [-0.39, 0.29) is 5.91 Å². The fourth-order valence-corrected chi connectivity index (χ4v) is 2.83. The van der Waals surface area contributed by atoms with E-state index in [2.05, 4.69) is 17.4 Å². The number of rotatable bonds is 4. The summed E-state index contributed by atoms with van der Waals surface area (Å²) >= 11 is 0. The number of hydrogen-bond acceptors (Lipinski definition) is 2. The molecule has 3 heteroatoms.